The fraction of sp³-hybridized carbons (Fsp3) is 0.348. The van der Waals surface area contributed by atoms with Crippen LogP contribution in [-0.4, -0.2) is 77.2 Å². The molecule has 1 aliphatic heterocycles. The third-order valence-electron chi connectivity index (χ3n) is 5.62. The lowest BCUT2D eigenvalue weighted by molar-refractivity contribution is 0.0947. The van der Waals surface area contributed by atoms with Crippen molar-refractivity contribution in [3.8, 4) is 17.0 Å². The highest BCUT2D eigenvalue weighted by Gasteiger charge is 2.17. The number of benzene rings is 1. The summed E-state index contributed by atoms with van der Waals surface area (Å²) in [6.07, 6.45) is 2.90. The Morgan fingerprint density at radius 3 is 2.52 bits per heavy atom. The number of methoxy groups -OCH3 is 1. The number of ether oxygens (including phenoxy) is 1. The molecule has 1 saturated heterocycles. The maximum absolute atomic E-state index is 12.6. The van der Waals surface area contributed by atoms with Gasteiger partial charge in [-0.3, -0.25) is 14.2 Å². The van der Waals surface area contributed by atoms with Crippen LogP contribution in [0.2, 0.25) is 0 Å². The van der Waals surface area contributed by atoms with E-state index in [0.717, 1.165) is 43.3 Å². The van der Waals surface area contributed by atoms with Crippen molar-refractivity contribution in [2.24, 2.45) is 0 Å². The molecule has 1 N–H and O–H groups in total. The Morgan fingerprint density at radius 1 is 1.06 bits per heavy atom. The molecule has 0 radical (unpaired) electrons. The molecule has 0 saturated carbocycles. The molecule has 0 unspecified atom stereocenters. The molecular weight excluding hydrogens is 422 g/mol. The molecule has 10 nitrogen and oxygen atoms in total. The van der Waals surface area contributed by atoms with Crippen LogP contribution in [0.25, 0.3) is 11.3 Å². The van der Waals surface area contributed by atoms with Crippen LogP contribution in [0.3, 0.4) is 0 Å². The van der Waals surface area contributed by atoms with Crippen molar-refractivity contribution in [2.45, 2.75) is 6.54 Å². The van der Waals surface area contributed by atoms with E-state index < -0.39 is 0 Å². The quantitative estimate of drug-likeness (QED) is 0.567. The SMILES string of the molecule is COc1ccc(-c2cc(=O)n(CCNC(=O)c3cc(N4CCN(C)CC4)ncn3)cn2)cc1. The van der Waals surface area contributed by atoms with Crippen LogP contribution >= 0.6 is 0 Å². The standard InChI is InChI=1S/C23H27N7O3/c1-28-9-11-29(12-10-28)21-13-20(25-15-26-21)23(32)24-7-8-30-16-27-19(14-22(30)31)17-3-5-18(33-2)6-4-17/h3-6,13-16H,7-12H2,1-2H3,(H,24,32). The highest BCUT2D eigenvalue weighted by Crippen LogP contribution is 2.19. The molecule has 2 aromatic heterocycles. The van der Waals surface area contributed by atoms with Gasteiger partial charge in [0.1, 0.15) is 23.6 Å². The average Bonchev–Trinajstić information content (AvgIpc) is 2.85. The number of carbonyl (C=O) groups excluding carboxylic acids is 1. The van der Waals surface area contributed by atoms with E-state index in [2.05, 4.69) is 37.1 Å². The van der Waals surface area contributed by atoms with Crippen LogP contribution in [0, 0.1) is 0 Å². The Bertz CT molecular complexity index is 1160. The summed E-state index contributed by atoms with van der Waals surface area (Å²) in [5, 5.41) is 2.81. The van der Waals surface area contributed by atoms with E-state index in [1.807, 2.05) is 24.3 Å². The first kappa shape index (κ1) is 22.4. The van der Waals surface area contributed by atoms with Crippen LogP contribution in [0.1, 0.15) is 10.5 Å². The number of carbonyl (C=O) groups is 1. The molecule has 1 amide bonds. The van der Waals surface area contributed by atoms with Gasteiger partial charge in [0.15, 0.2) is 0 Å². The van der Waals surface area contributed by atoms with Crippen molar-refractivity contribution in [2.75, 3.05) is 51.8 Å². The Morgan fingerprint density at radius 2 is 1.82 bits per heavy atom. The maximum atomic E-state index is 12.6. The molecule has 4 rings (SSSR count). The van der Waals surface area contributed by atoms with Crippen LogP contribution in [-0.2, 0) is 6.54 Å². The first-order valence-electron chi connectivity index (χ1n) is 10.8. The third kappa shape index (κ3) is 5.53. The largest absolute Gasteiger partial charge is 0.497 e. The summed E-state index contributed by atoms with van der Waals surface area (Å²) in [7, 11) is 3.69. The summed E-state index contributed by atoms with van der Waals surface area (Å²) in [5.74, 6) is 1.18. The van der Waals surface area contributed by atoms with Crippen LogP contribution in [0.15, 0.2) is 53.8 Å². The number of hydrogen-bond acceptors (Lipinski definition) is 8. The summed E-state index contributed by atoms with van der Waals surface area (Å²) >= 11 is 0. The van der Waals surface area contributed by atoms with Crippen LogP contribution in [0.4, 0.5) is 5.82 Å². The predicted octanol–water partition coefficient (Wildman–Crippen LogP) is 0.891. The Labute approximate surface area is 191 Å². The van der Waals surface area contributed by atoms with E-state index in [1.54, 1.807) is 13.2 Å². The minimum atomic E-state index is -0.302. The van der Waals surface area contributed by atoms with Crippen molar-refractivity contribution in [3.63, 3.8) is 0 Å². The van der Waals surface area contributed by atoms with E-state index in [9.17, 15) is 9.59 Å². The van der Waals surface area contributed by atoms with E-state index in [4.69, 9.17) is 4.74 Å². The maximum Gasteiger partial charge on any atom is 0.270 e. The number of likely N-dealkylation sites (N-methyl/N-ethyl adjacent to an activating group) is 1. The minimum Gasteiger partial charge on any atom is -0.497 e. The van der Waals surface area contributed by atoms with Crippen molar-refractivity contribution in [3.05, 3.63) is 65.1 Å². The van der Waals surface area contributed by atoms with Crippen molar-refractivity contribution >= 4 is 11.7 Å². The van der Waals surface area contributed by atoms with Crippen molar-refractivity contribution in [1.82, 2.24) is 29.7 Å². The van der Waals surface area contributed by atoms with Gasteiger partial charge in [-0.15, -0.1) is 0 Å². The molecular formula is C23H27N7O3. The highest BCUT2D eigenvalue weighted by atomic mass is 16.5. The lowest BCUT2D eigenvalue weighted by Gasteiger charge is -2.33. The third-order valence-corrected chi connectivity index (χ3v) is 5.62. The van der Waals surface area contributed by atoms with E-state index in [1.165, 1.54) is 23.3 Å². The first-order chi connectivity index (χ1) is 16.0. The predicted molar refractivity (Wildman–Crippen MR) is 125 cm³/mol. The van der Waals surface area contributed by atoms with E-state index >= 15 is 0 Å². The van der Waals surface area contributed by atoms with Gasteiger partial charge in [-0.25, -0.2) is 15.0 Å². The Kier molecular flexibility index (Phi) is 6.94. The molecule has 1 aromatic carbocycles. The lowest BCUT2D eigenvalue weighted by Crippen LogP contribution is -2.45. The Hall–Kier alpha value is -3.79. The van der Waals surface area contributed by atoms with Crippen molar-refractivity contribution in [1.29, 1.82) is 0 Å². The summed E-state index contributed by atoms with van der Waals surface area (Å²) < 4.78 is 6.61. The monoisotopic (exact) mass is 449 g/mol. The number of nitrogens with zero attached hydrogens (tertiary/aromatic N) is 6. The second-order valence-corrected chi connectivity index (χ2v) is 7.84. The van der Waals surface area contributed by atoms with Gasteiger partial charge in [0.05, 0.1) is 19.1 Å². The number of amides is 1. The summed E-state index contributed by atoms with van der Waals surface area (Å²) in [5.41, 5.74) is 1.53. The zero-order valence-electron chi connectivity index (χ0n) is 18.8. The fourth-order valence-corrected chi connectivity index (χ4v) is 3.57. The molecule has 0 bridgehead atoms. The minimum absolute atomic E-state index is 0.190. The number of nitrogens with one attached hydrogen (secondary N) is 1. The number of rotatable bonds is 7. The number of piperazine rings is 1. The van der Waals surface area contributed by atoms with Gasteiger partial charge in [-0.1, -0.05) is 0 Å². The van der Waals surface area contributed by atoms with E-state index in [0.29, 0.717) is 17.9 Å². The molecule has 33 heavy (non-hydrogen) atoms. The number of hydrogen-bond donors (Lipinski definition) is 1. The second-order valence-electron chi connectivity index (χ2n) is 7.84. The van der Waals surface area contributed by atoms with Gasteiger partial charge >= 0.3 is 0 Å². The number of aromatic nitrogens is 4. The normalized spacial score (nSPS) is 14.2. The molecule has 0 spiro atoms. The summed E-state index contributed by atoms with van der Waals surface area (Å²) in [6.45, 7) is 4.19. The molecule has 0 aliphatic carbocycles. The summed E-state index contributed by atoms with van der Waals surface area (Å²) in [6, 6.07) is 10.5. The zero-order valence-corrected chi connectivity index (χ0v) is 18.8. The van der Waals surface area contributed by atoms with Gasteiger partial charge in [0.25, 0.3) is 11.5 Å². The zero-order chi connectivity index (χ0) is 23.2. The molecule has 3 aromatic rings. The average molecular weight is 450 g/mol. The summed E-state index contributed by atoms with van der Waals surface area (Å²) in [4.78, 5) is 42.2. The molecule has 1 fully saturated rings. The molecule has 0 atom stereocenters. The molecule has 10 heteroatoms. The van der Waals surface area contributed by atoms with Crippen LogP contribution in [0.5, 0.6) is 5.75 Å². The lowest BCUT2D eigenvalue weighted by atomic mass is 10.1. The van der Waals surface area contributed by atoms with Gasteiger partial charge in [0.2, 0.25) is 0 Å². The van der Waals surface area contributed by atoms with Crippen molar-refractivity contribution < 1.29 is 9.53 Å². The van der Waals surface area contributed by atoms with Gasteiger partial charge in [-0.05, 0) is 31.3 Å². The molecule has 172 valence electrons. The van der Waals surface area contributed by atoms with Gasteiger partial charge in [-0.2, -0.15) is 0 Å². The Balaban J connectivity index is 1.34. The highest BCUT2D eigenvalue weighted by molar-refractivity contribution is 5.92. The molecule has 1 aliphatic rings. The fourth-order valence-electron chi connectivity index (χ4n) is 3.57. The smallest absolute Gasteiger partial charge is 0.270 e. The van der Waals surface area contributed by atoms with Gasteiger partial charge in [0, 0.05) is 57.0 Å². The molecule has 3 heterocycles. The number of anilines is 1. The van der Waals surface area contributed by atoms with Crippen LogP contribution < -0.4 is 20.5 Å². The first-order valence-corrected chi connectivity index (χ1v) is 10.8. The van der Waals surface area contributed by atoms with E-state index in [-0.39, 0.29) is 18.0 Å². The topological polar surface area (TPSA) is 105 Å². The second kappa shape index (κ2) is 10.2. The van der Waals surface area contributed by atoms with Gasteiger partial charge < -0.3 is 19.9 Å².